The van der Waals surface area contributed by atoms with E-state index in [0.29, 0.717) is 0 Å². The van der Waals surface area contributed by atoms with Gasteiger partial charge in [-0.15, -0.1) is 0 Å². The van der Waals surface area contributed by atoms with Crippen molar-refractivity contribution < 1.29 is 28.6 Å². The Labute approximate surface area is 136 Å². The van der Waals surface area contributed by atoms with Crippen molar-refractivity contribution in [2.45, 2.75) is 77.4 Å². The fourth-order valence-electron chi connectivity index (χ4n) is 2.46. The number of hydrogen-bond donors (Lipinski definition) is 2. The van der Waals surface area contributed by atoms with Crippen molar-refractivity contribution in [2.75, 3.05) is 0 Å². The van der Waals surface area contributed by atoms with E-state index in [4.69, 9.17) is 19.9 Å². The molecule has 4 atom stereocenters. The van der Waals surface area contributed by atoms with Crippen molar-refractivity contribution in [3.8, 4) is 0 Å². The molecule has 0 bridgehead atoms. The first-order chi connectivity index (χ1) is 10.5. The van der Waals surface area contributed by atoms with Gasteiger partial charge in [0.2, 0.25) is 0 Å². The third kappa shape index (κ3) is 6.85. The summed E-state index contributed by atoms with van der Waals surface area (Å²) < 4.78 is 15.6. The molecule has 0 aromatic heterocycles. The SMILES string of the molecule is CC(=O)O[C@@H]1C[C@@H](NC(=O)OC(C)(C)C)[C@H](OC(C)=O)C[C@H]1N. The van der Waals surface area contributed by atoms with E-state index in [0.717, 1.165) is 0 Å². The summed E-state index contributed by atoms with van der Waals surface area (Å²) in [6.45, 7) is 7.81. The number of nitrogens with one attached hydrogen (secondary N) is 1. The molecule has 1 saturated carbocycles. The Morgan fingerprint density at radius 1 is 1.00 bits per heavy atom. The minimum Gasteiger partial charge on any atom is -0.461 e. The van der Waals surface area contributed by atoms with Crippen LogP contribution in [0.25, 0.3) is 0 Å². The lowest BCUT2D eigenvalue weighted by molar-refractivity contribution is -0.158. The maximum absolute atomic E-state index is 12.0. The quantitative estimate of drug-likeness (QED) is 0.582. The molecule has 1 amide bonds. The largest absolute Gasteiger partial charge is 0.461 e. The van der Waals surface area contributed by atoms with Gasteiger partial charge in [0, 0.05) is 32.7 Å². The van der Waals surface area contributed by atoms with Crippen molar-refractivity contribution in [2.24, 2.45) is 5.73 Å². The van der Waals surface area contributed by atoms with E-state index < -0.39 is 47.9 Å². The number of carbonyl (C=O) groups is 3. The van der Waals surface area contributed by atoms with Crippen molar-refractivity contribution in [3.63, 3.8) is 0 Å². The number of ether oxygens (including phenoxy) is 3. The highest BCUT2D eigenvalue weighted by molar-refractivity contribution is 5.69. The highest BCUT2D eigenvalue weighted by Crippen LogP contribution is 2.24. The van der Waals surface area contributed by atoms with Crippen molar-refractivity contribution in [1.29, 1.82) is 0 Å². The van der Waals surface area contributed by atoms with Crippen LogP contribution in [0, 0.1) is 0 Å². The Bertz CT molecular complexity index is 459. The van der Waals surface area contributed by atoms with Crippen molar-refractivity contribution in [3.05, 3.63) is 0 Å². The Morgan fingerprint density at radius 2 is 1.52 bits per heavy atom. The molecule has 8 nitrogen and oxygen atoms in total. The molecule has 8 heteroatoms. The van der Waals surface area contributed by atoms with E-state index in [9.17, 15) is 14.4 Å². The summed E-state index contributed by atoms with van der Waals surface area (Å²) in [5.41, 5.74) is 5.32. The van der Waals surface area contributed by atoms with E-state index in [-0.39, 0.29) is 12.8 Å². The highest BCUT2D eigenvalue weighted by atomic mass is 16.6. The number of nitrogens with two attached hydrogens (primary N) is 1. The van der Waals surface area contributed by atoms with Gasteiger partial charge in [-0.2, -0.15) is 0 Å². The molecular formula is C15H26N2O6. The monoisotopic (exact) mass is 330 g/mol. The molecule has 1 rings (SSSR count). The van der Waals surface area contributed by atoms with Crippen LogP contribution in [0.1, 0.15) is 47.5 Å². The lowest BCUT2D eigenvalue weighted by atomic mass is 9.86. The number of esters is 2. The van der Waals surface area contributed by atoms with Gasteiger partial charge in [0.1, 0.15) is 17.8 Å². The Kier molecular flexibility index (Phi) is 6.37. The first-order valence-electron chi connectivity index (χ1n) is 7.57. The molecule has 0 heterocycles. The summed E-state index contributed by atoms with van der Waals surface area (Å²) >= 11 is 0. The van der Waals surface area contributed by atoms with Gasteiger partial charge in [0.05, 0.1) is 6.04 Å². The summed E-state index contributed by atoms with van der Waals surface area (Å²) in [6, 6.07) is -1.02. The molecule has 0 unspecified atom stereocenters. The van der Waals surface area contributed by atoms with Gasteiger partial charge in [-0.3, -0.25) is 9.59 Å². The van der Waals surface area contributed by atoms with Gasteiger partial charge in [-0.05, 0) is 20.8 Å². The fourth-order valence-corrected chi connectivity index (χ4v) is 2.46. The minimum absolute atomic E-state index is 0.248. The third-order valence-electron chi connectivity index (χ3n) is 3.25. The predicted octanol–water partition coefficient (Wildman–Crippen LogP) is 0.864. The van der Waals surface area contributed by atoms with Crippen LogP contribution in [0.15, 0.2) is 0 Å². The molecule has 23 heavy (non-hydrogen) atoms. The lowest BCUT2D eigenvalue weighted by Crippen LogP contribution is -2.57. The van der Waals surface area contributed by atoms with Crippen LogP contribution >= 0.6 is 0 Å². The van der Waals surface area contributed by atoms with E-state index in [2.05, 4.69) is 5.32 Å². The third-order valence-corrected chi connectivity index (χ3v) is 3.25. The normalized spacial score (nSPS) is 27.7. The smallest absolute Gasteiger partial charge is 0.408 e. The summed E-state index contributed by atoms with van der Waals surface area (Å²) in [5, 5.41) is 2.67. The van der Waals surface area contributed by atoms with Crippen LogP contribution in [0.4, 0.5) is 4.79 Å². The first-order valence-corrected chi connectivity index (χ1v) is 7.57. The van der Waals surface area contributed by atoms with E-state index >= 15 is 0 Å². The minimum atomic E-state index is -0.651. The zero-order valence-electron chi connectivity index (χ0n) is 14.3. The molecule has 3 N–H and O–H groups in total. The molecular weight excluding hydrogens is 304 g/mol. The van der Waals surface area contributed by atoms with Crippen LogP contribution in [0.2, 0.25) is 0 Å². The van der Waals surface area contributed by atoms with Crippen molar-refractivity contribution >= 4 is 18.0 Å². The standard InChI is InChI=1S/C15H26N2O6/c1-8(18)21-12-7-11(17-14(20)23-15(3,4)5)13(6-10(12)16)22-9(2)19/h10-13H,6-7,16H2,1-5H3,(H,17,20)/t10-,11-,12-,13-/m1/s1. The van der Waals surface area contributed by atoms with Gasteiger partial charge in [-0.25, -0.2) is 4.79 Å². The van der Waals surface area contributed by atoms with Crippen LogP contribution < -0.4 is 11.1 Å². The number of rotatable bonds is 3. The molecule has 1 aliphatic carbocycles. The second-order valence-corrected chi connectivity index (χ2v) is 6.68. The second kappa shape index (κ2) is 7.63. The van der Waals surface area contributed by atoms with E-state index in [1.807, 2.05) is 0 Å². The lowest BCUT2D eigenvalue weighted by Gasteiger charge is -2.39. The summed E-state index contributed by atoms with van der Waals surface area (Å²) in [4.78, 5) is 34.4. The zero-order chi connectivity index (χ0) is 17.8. The molecule has 0 aromatic carbocycles. The summed E-state index contributed by atoms with van der Waals surface area (Å²) in [5.74, 6) is -0.920. The topological polar surface area (TPSA) is 117 Å². The van der Waals surface area contributed by atoms with Crippen LogP contribution in [0.3, 0.4) is 0 Å². The number of alkyl carbamates (subject to hydrolysis) is 1. The highest BCUT2D eigenvalue weighted by Gasteiger charge is 2.40. The fraction of sp³-hybridized carbons (Fsp3) is 0.800. The van der Waals surface area contributed by atoms with E-state index in [1.54, 1.807) is 20.8 Å². The van der Waals surface area contributed by atoms with Gasteiger partial charge in [0.25, 0.3) is 0 Å². The molecule has 132 valence electrons. The molecule has 0 radical (unpaired) electrons. The predicted molar refractivity (Wildman–Crippen MR) is 81.5 cm³/mol. The number of carbonyl (C=O) groups excluding carboxylic acids is 3. The zero-order valence-corrected chi connectivity index (χ0v) is 14.3. The molecule has 1 fully saturated rings. The Balaban J connectivity index is 2.80. The second-order valence-electron chi connectivity index (χ2n) is 6.68. The molecule has 0 aromatic rings. The summed E-state index contributed by atoms with van der Waals surface area (Å²) in [6.07, 6.45) is -1.26. The van der Waals surface area contributed by atoms with Crippen LogP contribution in [0.5, 0.6) is 0 Å². The van der Waals surface area contributed by atoms with Gasteiger partial charge in [-0.1, -0.05) is 0 Å². The maximum Gasteiger partial charge on any atom is 0.408 e. The van der Waals surface area contributed by atoms with Crippen molar-refractivity contribution in [1.82, 2.24) is 5.32 Å². The van der Waals surface area contributed by atoms with Crippen LogP contribution in [-0.4, -0.2) is 47.9 Å². The Hall–Kier alpha value is -1.83. The van der Waals surface area contributed by atoms with Gasteiger partial charge < -0.3 is 25.3 Å². The molecule has 1 aliphatic rings. The number of amides is 1. The van der Waals surface area contributed by atoms with Gasteiger partial charge in [0.15, 0.2) is 0 Å². The van der Waals surface area contributed by atoms with Crippen LogP contribution in [-0.2, 0) is 23.8 Å². The average molecular weight is 330 g/mol. The van der Waals surface area contributed by atoms with Gasteiger partial charge >= 0.3 is 18.0 Å². The summed E-state index contributed by atoms with van der Waals surface area (Å²) in [7, 11) is 0. The first kappa shape index (κ1) is 19.2. The number of hydrogen-bond acceptors (Lipinski definition) is 7. The Morgan fingerprint density at radius 3 is 2.00 bits per heavy atom. The average Bonchev–Trinajstić information content (AvgIpc) is 2.31. The van der Waals surface area contributed by atoms with E-state index in [1.165, 1.54) is 13.8 Å². The molecule has 0 spiro atoms. The molecule has 0 saturated heterocycles. The maximum atomic E-state index is 12.0. The molecule has 0 aliphatic heterocycles.